The van der Waals surface area contributed by atoms with Crippen molar-refractivity contribution in [1.29, 1.82) is 0 Å². The molecule has 0 amide bonds. The van der Waals surface area contributed by atoms with Gasteiger partial charge in [0.2, 0.25) is 0 Å². The van der Waals surface area contributed by atoms with Crippen molar-refractivity contribution in [3.63, 3.8) is 0 Å². The Bertz CT molecular complexity index is 2940. The quantitative estimate of drug-likeness (QED) is 0.0231. The van der Waals surface area contributed by atoms with Gasteiger partial charge in [0.05, 0.1) is 64.3 Å². The van der Waals surface area contributed by atoms with Crippen LogP contribution in [-0.2, 0) is 90.7 Å². The number of benzene rings is 3. The number of hydrogen-bond acceptors (Lipinski definition) is 19. The number of ether oxygens (including phenoxy) is 9. The molecule has 3 aromatic rings. The molecule has 0 aromatic heterocycles. The van der Waals surface area contributed by atoms with Gasteiger partial charge in [-0.15, -0.1) is 0 Å². The number of carboxylic acid groups (broad SMARTS) is 1. The molecule has 20 heteroatoms. The molecule has 3 saturated carbocycles. The lowest BCUT2D eigenvalue weighted by atomic mass is 9.93. The maximum Gasteiger partial charge on any atom is 0.306 e. The highest BCUT2D eigenvalue weighted by Crippen LogP contribution is 2.48. The zero-order chi connectivity index (χ0) is 66.3. The minimum absolute atomic E-state index is 0.00431. The molecule has 3 saturated heterocycles. The summed E-state index contributed by atoms with van der Waals surface area (Å²) in [6, 6.07) is 20.4. The number of hydrogen-bond donors (Lipinski definition) is 5. The van der Waals surface area contributed by atoms with Crippen LogP contribution in [0, 0.1) is 23.7 Å². The average molecular weight is 1260 g/mol. The van der Waals surface area contributed by atoms with Crippen LogP contribution in [0.1, 0.15) is 137 Å². The molecule has 494 valence electrons. The zero-order valence-electron chi connectivity index (χ0n) is 53.9. The Morgan fingerprint density at radius 2 is 0.889 bits per heavy atom. The number of fused-ring (bicyclic) bond motifs is 3. The molecule has 10 atom stereocenters. The number of carboxylic acids is 1. The predicted octanol–water partition coefficient (Wildman–Crippen LogP) is 10.5. The van der Waals surface area contributed by atoms with E-state index in [4.69, 9.17) is 58.0 Å². The van der Waals surface area contributed by atoms with Crippen molar-refractivity contribution in [2.45, 2.75) is 194 Å². The van der Waals surface area contributed by atoms with E-state index >= 15 is 0 Å². The SMILES string of the molecule is C/C=C(/C=O)[C@@H](CC=O)CC(=O)OCCc1ccc(O)cc1.C/C=C1\[C@H](CC(=O)O)C[C@H]2OC(C)(C)O[C@@H]12.C/C=C1\[C@H](CC(=O)OC)C[C@H]2OC(C)(C)O[C@@H]12.C/C=C1\[C@H](CC(=O)OCCc2ccc(O)cc2)C[C@H]2OC(C)(C)O[C@@H]12.OCCc1ccc(O)cc1. The van der Waals surface area contributed by atoms with Crippen molar-refractivity contribution in [2.24, 2.45) is 23.7 Å². The first kappa shape index (κ1) is 73.7. The number of carbonyl (C=O) groups excluding carboxylic acids is 5. The van der Waals surface area contributed by atoms with Crippen molar-refractivity contribution < 1.29 is 96.9 Å². The van der Waals surface area contributed by atoms with E-state index in [1.165, 1.54) is 12.7 Å². The highest BCUT2D eigenvalue weighted by atomic mass is 16.8. The van der Waals surface area contributed by atoms with Crippen LogP contribution >= 0.6 is 0 Å². The predicted molar refractivity (Wildman–Crippen MR) is 334 cm³/mol. The number of phenols is 3. The van der Waals surface area contributed by atoms with E-state index in [9.17, 15) is 39.0 Å². The summed E-state index contributed by atoms with van der Waals surface area (Å²) >= 11 is 0. The largest absolute Gasteiger partial charge is 0.508 e. The molecule has 6 aliphatic rings. The number of rotatable bonds is 20. The number of aliphatic hydroxyl groups is 1. The molecule has 0 unspecified atom stereocenters. The second kappa shape index (κ2) is 35.0. The first-order valence-electron chi connectivity index (χ1n) is 30.8. The van der Waals surface area contributed by atoms with Gasteiger partial charge in [-0.05, 0) is 188 Å². The first-order valence-corrected chi connectivity index (χ1v) is 30.8. The normalized spacial score (nSPS) is 26.1. The number of allylic oxidation sites excluding steroid dienone is 5. The van der Waals surface area contributed by atoms with Crippen LogP contribution in [0.2, 0.25) is 0 Å². The molecule has 3 aliphatic carbocycles. The number of methoxy groups -OCH3 is 1. The molecule has 0 radical (unpaired) electrons. The van der Waals surface area contributed by atoms with Gasteiger partial charge in [-0.25, -0.2) is 0 Å². The van der Waals surface area contributed by atoms with Gasteiger partial charge in [-0.3, -0.25) is 24.0 Å². The molecule has 3 aromatic carbocycles. The molecular weight excluding hydrogens is 1160 g/mol. The summed E-state index contributed by atoms with van der Waals surface area (Å²) in [4.78, 5) is 67.6. The van der Waals surface area contributed by atoms with Gasteiger partial charge in [-0.1, -0.05) is 60.7 Å². The third-order valence-electron chi connectivity index (χ3n) is 16.2. The summed E-state index contributed by atoms with van der Waals surface area (Å²) in [7, 11) is 1.42. The van der Waals surface area contributed by atoms with E-state index in [1.54, 1.807) is 73.7 Å². The number of carbonyl (C=O) groups is 6. The van der Waals surface area contributed by atoms with Crippen LogP contribution in [0.4, 0.5) is 0 Å². The second-order valence-corrected chi connectivity index (χ2v) is 24.2. The summed E-state index contributed by atoms with van der Waals surface area (Å²) in [6.07, 6.45) is 14.3. The Morgan fingerprint density at radius 3 is 1.21 bits per heavy atom. The van der Waals surface area contributed by atoms with Crippen molar-refractivity contribution in [2.75, 3.05) is 26.9 Å². The summed E-state index contributed by atoms with van der Waals surface area (Å²) < 4.78 is 50.4. The maximum atomic E-state index is 12.2. The van der Waals surface area contributed by atoms with Gasteiger partial charge < -0.3 is 73.0 Å². The van der Waals surface area contributed by atoms with E-state index < -0.39 is 35.2 Å². The monoisotopic (exact) mass is 1250 g/mol. The molecule has 20 nitrogen and oxygen atoms in total. The molecule has 9 rings (SSSR count). The Balaban J connectivity index is 0.000000210. The average Bonchev–Trinajstić information content (AvgIpc) is 1.76. The van der Waals surface area contributed by atoms with Crippen molar-refractivity contribution in [3.05, 3.63) is 136 Å². The van der Waals surface area contributed by atoms with Crippen molar-refractivity contribution in [1.82, 2.24) is 0 Å². The summed E-state index contributed by atoms with van der Waals surface area (Å²) in [5.74, 6) is -2.54. The maximum absolute atomic E-state index is 12.2. The van der Waals surface area contributed by atoms with E-state index in [0.29, 0.717) is 56.9 Å². The second-order valence-electron chi connectivity index (χ2n) is 24.2. The Labute approximate surface area is 529 Å². The topological polar surface area (TPSA) is 287 Å². The molecule has 6 fully saturated rings. The zero-order valence-corrected chi connectivity index (χ0v) is 53.9. The summed E-state index contributed by atoms with van der Waals surface area (Å²) in [6.45, 7) is 19.8. The number of aldehydes is 2. The van der Waals surface area contributed by atoms with Gasteiger partial charge >= 0.3 is 23.9 Å². The lowest BCUT2D eigenvalue weighted by molar-refractivity contribution is -0.152. The molecule has 5 N–H and O–H groups in total. The van der Waals surface area contributed by atoms with Gasteiger partial charge in [0.15, 0.2) is 17.4 Å². The highest BCUT2D eigenvalue weighted by Gasteiger charge is 2.52. The molecule has 3 aliphatic heterocycles. The molecule has 3 heterocycles. The minimum Gasteiger partial charge on any atom is -0.508 e. The van der Waals surface area contributed by atoms with Crippen molar-refractivity contribution in [3.8, 4) is 17.2 Å². The molecule has 0 spiro atoms. The number of aliphatic hydroxyl groups excluding tert-OH is 1. The molecule has 0 bridgehead atoms. The smallest absolute Gasteiger partial charge is 0.306 e. The number of aromatic hydroxyl groups is 3. The Morgan fingerprint density at radius 1 is 0.533 bits per heavy atom. The van der Waals surface area contributed by atoms with E-state index in [-0.39, 0.29) is 116 Å². The summed E-state index contributed by atoms with van der Waals surface area (Å²) in [5, 5.41) is 44.7. The van der Waals surface area contributed by atoms with E-state index in [2.05, 4.69) is 0 Å². The Hall–Kier alpha value is -7.04. The van der Waals surface area contributed by atoms with E-state index in [1.807, 2.05) is 92.7 Å². The van der Waals surface area contributed by atoms with Gasteiger partial charge in [0, 0.05) is 31.8 Å². The molecule has 90 heavy (non-hydrogen) atoms. The number of esters is 3. The summed E-state index contributed by atoms with van der Waals surface area (Å²) in [5.41, 5.74) is 6.84. The number of aliphatic carboxylic acids is 1. The van der Waals surface area contributed by atoms with Crippen molar-refractivity contribution >= 4 is 36.4 Å². The van der Waals surface area contributed by atoms with Crippen LogP contribution in [0.25, 0.3) is 0 Å². The van der Waals surface area contributed by atoms with E-state index in [0.717, 1.165) is 47.1 Å². The van der Waals surface area contributed by atoms with Crippen LogP contribution in [0.3, 0.4) is 0 Å². The Kier molecular flexibility index (Phi) is 28.6. The third-order valence-corrected chi connectivity index (χ3v) is 16.2. The van der Waals surface area contributed by atoms with Gasteiger partial charge in [0.1, 0.15) is 48.1 Å². The van der Waals surface area contributed by atoms with Crippen LogP contribution in [-0.4, -0.2) is 143 Å². The lowest BCUT2D eigenvalue weighted by Crippen LogP contribution is -2.24. The van der Waals surface area contributed by atoms with Crippen LogP contribution in [0.15, 0.2) is 119 Å². The van der Waals surface area contributed by atoms with Gasteiger partial charge in [0.25, 0.3) is 0 Å². The van der Waals surface area contributed by atoms with Crippen LogP contribution < -0.4 is 0 Å². The number of phenolic OH excluding ortho intramolecular Hbond substituents is 3. The third kappa shape index (κ3) is 22.7. The minimum atomic E-state index is -0.761. The fourth-order valence-electron chi connectivity index (χ4n) is 12.2. The first-order chi connectivity index (χ1) is 42.7. The fraction of sp³-hybridized carbons (Fsp3) is 0.543. The van der Waals surface area contributed by atoms with Crippen LogP contribution in [0.5, 0.6) is 17.2 Å². The lowest BCUT2D eigenvalue weighted by Gasteiger charge is -2.21. The van der Waals surface area contributed by atoms with Gasteiger partial charge in [-0.2, -0.15) is 0 Å². The highest BCUT2D eigenvalue weighted by molar-refractivity contribution is 5.78. The molecular formula is C70H94O20. The fourth-order valence-corrected chi connectivity index (χ4v) is 12.2. The standard InChI is InChI=1S/C20H26O5.C17H20O5.C13H20O4.C12H18O4.C8H10O2/c1-4-16-14(11-17-19(16)25-20(2,3)24-17)12-18(22)23-10-9-13-5-7-15(21)8-6-13;1-2-14(12-19)15(7-9-18)11-17(21)22-10-8-13-3-5-16(20)6-4-13;1-5-9-8(7-11(14)15-4)6-10-12(9)17-13(2,3)16-10;1-4-8-7(6-10(13)14)5-9-11(8)16-12(2,3)15-9;9-6-5-7-1-3-8(10)4-2-7/h4-8,14,17,19,21H,9-12H2,1-3H3;2-6,9,12,15,20H,7-8,10-11H2,1H3;5,8,10,12H,6-7H2,1-4H3;4,7,9,11H,5-6H2,1-3H3,(H,13,14);1-4,9-10H,5-6H2/b16-4+;14-2-;9-5+;8-4+;/t14-,17+,19-;15-;8-,10+,12-;7-,9+,11-;/m0000./s1.